The van der Waals surface area contributed by atoms with Gasteiger partial charge in [-0.15, -0.1) is 0 Å². The van der Waals surface area contributed by atoms with E-state index in [0.717, 1.165) is 5.56 Å². The van der Waals surface area contributed by atoms with Gasteiger partial charge < -0.3 is 15.0 Å². The van der Waals surface area contributed by atoms with Gasteiger partial charge in [-0.3, -0.25) is 14.4 Å². The first kappa shape index (κ1) is 16.9. The van der Waals surface area contributed by atoms with Gasteiger partial charge in [0.05, 0.1) is 0 Å². The summed E-state index contributed by atoms with van der Waals surface area (Å²) in [4.78, 5) is 34.7. The number of nitrogens with zero attached hydrogens (tertiary/aromatic N) is 1. The molecule has 21 heavy (non-hydrogen) atoms. The highest BCUT2D eigenvalue weighted by Gasteiger charge is 2.24. The van der Waals surface area contributed by atoms with E-state index in [1.54, 1.807) is 12.3 Å². The molecule has 1 heterocycles. The predicted octanol–water partition coefficient (Wildman–Crippen LogP) is 1.33. The maximum absolute atomic E-state index is 12.2. The first-order valence-corrected chi connectivity index (χ1v) is 7.01. The van der Waals surface area contributed by atoms with Gasteiger partial charge in [-0.25, -0.2) is 0 Å². The molecule has 6 heteroatoms. The Hall–Kier alpha value is -2.11. The number of carboxylic acids is 1. The molecular weight excluding hydrogens is 272 g/mol. The predicted molar refractivity (Wildman–Crippen MR) is 79.2 cm³/mol. The molecule has 1 aromatic heterocycles. The molecule has 1 amide bonds. The number of hydrogen-bond donors (Lipinski definition) is 2. The van der Waals surface area contributed by atoms with Crippen LogP contribution >= 0.6 is 0 Å². The largest absolute Gasteiger partial charge is 0.481 e. The van der Waals surface area contributed by atoms with E-state index in [9.17, 15) is 14.4 Å². The van der Waals surface area contributed by atoms with Crippen LogP contribution in [0.2, 0.25) is 0 Å². The van der Waals surface area contributed by atoms with Crippen LogP contribution in [0, 0.1) is 12.8 Å². The molecule has 0 fully saturated rings. The van der Waals surface area contributed by atoms with Crippen molar-refractivity contribution in [2.75, 3.05) is 6.54 Å². The van der Waals surface area contributed by atoms with Gasteiger partial charge in [-0.05, 0) is 30.9 Å². The van der Waals surface area contributed by atoms with E-state index in [1.807, 2.05) is 20.8 Å². The summed E-state index contributed by atoms with van der Waals surface area (Å²) in [6.45, 7) is 5.85. The highest BCUT2D eigenvalue weighted by molar-refractivity contribution is 5.80. The zero-order valence-electron chi connectivity index (χ0n) is 12.6. The minimum Gasteiger partial charge on any atom is -0.481 e. The van der Waals surface area contributed by atoms with Crippen LogP contribution in [-0.4, -0.2) is 28.1 Å². The quantitative estimate of drug-likeness (QED) is 0.743. The number of hydrogen-bond acceptors (Lipinski definition) is 3. The molecule has 0 radical (unpaired) electrons. The van der Waals surface area contributed by atoms with E-state index in [4.69, 9.17) is 5.11 Å². The number of carbonyl (C=O) groups excluding carboxylic acids is 1. The minimum absolute atomic E-state index is 0.0110. The van der Waals surface area contributed by atoms with E-state index in [2.05, 4.69) is 5.32 Å². The van der Waals surface area contributed by atoms with E-state index >= 15 is 0 Å². The molecule has 0 saturated heterocycles. The van der Waals surface area contributed by atoms with Gasteiger partial charge in [0.1, 0.15) is 6.04 Å². The lowest BCUT2D eigenvalue weighted by molar-refractivity contribution is -0.137. The topological polar surface area (TPSA) is 88.4 Å². The number of aromatic nitrogens is 1. The molecule has 1 aromatic rings. The van der Waals surface area contributed by atoms with Crippen LogP contribution in [-0.2, 0) is 9.59 Å². The minimum atomic E-state index is -0.889. The molecule has 1 atom stereocenters. The summed E-state index contributed by atoms with van der Waals surface area (Å²) in [5.74, 6) is -1.20. The highest BCUT2D eigenvalue weighted by atomic mass is 16.4. The van der Waals surface area contributed by atoms with Crippen molar-refractivity contribution in [3.63, 3.8) is 0 Å². The summed E-state index contributed by atoms with van der Waals surface area (Å²) in [6.07, 6.45) is 2.00. The fourth-order valence-electron chi connectivity index (χ4n) is 2.12. The third-order valence-corrected chi connectivity index (χ3v) is 3.17. The Morgan fingerprint density at radius 2 is 2.05 bits per heavy atom. The maximum atomic E-state index is 12.2. The van der Waals surface area contributed by atoms with Gasteiger partial charge in [0.25, 0.3) is 5.56 Å². The molecule has 0 aromatic carbocycles. The van der Waals surface area contributed by atoms with Gasteiger partial charge >= 0.3 is 5.97 Å². The Morgan fingerprint density at radius 3 is 2.57 bits per heavy atom. The van der Waals surface area contributed by atoms with E-state index in [1.165, 1.54) is 10.6 Å². The smallest absolute Gasteiger partial charge is 0.303 e. The van der Waals surface area contributed by atoms with Gasteiger partial charge in [0.15, 0.2) is 0 Å². The van der Waals surface area contributed by atoms with Gasteiger partial charge in [0.2, 0.25) is 5.91 Å². The number of aliphatic carboxylic acids is 1. The number of aryl methyl sites for hydroxylation is 1. The fraction of sp³-hybridized carbons (Fsp3) is 0.533. The molecule has 1 rings (SSSR count). The van der Waals surface area contributed by atoms with E-state index in [-0.39, 0.29) is 30.3 Å². The average molecular weight is 294 g/mol. The molecule has 2 N–H and O–H groups in total. The monoisotopic (exact) mass is 294 g/mol. The van der Waals surface area contributed by atoms with E-state index < -0.39 is 12.0 Å². The summed E-state index contributed by atoms with van der Waals surface area (Å²) in [5, 5.41) is 11.3. The normalized spacial score (nSPS) is 12.2. The summed E-state index contributed by atoms with van der Waals surface area (Å²) in [7, 11) is 0. The Morgan fingerprint density at radius 1 is 1.38 bits per heavy atom. The van der Waals surface area contributed by atoms with Crippen molar-refractivity contribution in [2.24, 2.45) is 5.92 Å². The standard InChI is InChI=1S/C15H22N2O4/c1-10(2)14(15(21)16-7-4-5-13(19)20)17-8-6-11(3)9-12(17)18/h6,8-10,14H,4-5,7H2,1-3H3,(H,16,21)(H,19,20). The van der Waals surface area contributed by atoms with Gasteiger partial charge in [-0.1, -0.05) is 13.8 Å². The van der Waals surface area contributed by atoms with E-state index in [0.29, 0.717) is 6.42 Å². The van der Waals surface area contributed by atoms with Crippen LogP contribution in [0.4, 0.5) is 0 Å². The second-order valence-electron chi connectivity index (χ2n) is 5.43. The first-order chi connectivity index (χ1) is 9.82. The second kappa shape index (κ2) is 7.61. The third-order valence-electron chi connectivity index (χ3n) is 3.17. The molecule has 116 valence electrons. The Balaban J connectivity index is 2.79. The molecule has 0 aliphatic carbocycles. The van der Waals surface area contributed by atoms with Crippen molar-refractivity contribution in [1.29, 1.82) is 0 Å². The summed E-state index contributed by atoms with van der Waals surface area (Å²) in [5.41, 5.74) is 0.634. The Labute approximate surface area is 123 Å². The summed E-state index contributed by atoms with van der Waals surface area (Å²) >= 11 is 0. The van der Waals surface area contributed by atoms with Crippen LogP contribution in [0.3, 0.4) is 0 Å². The van der Waals surface area contributed by atoms with Crippen molar-refractivity contribution < 1.29 is 14.7 Å². The van der Waals surface area contributed by atoms with Crippen LogP contribution in [0.15, 0.2) is 23.1 Å². The zero-order chi connectivity index (χ0) is 16.0. The van der Waals surface area contributed by atoms with Crippen molar-refractivity contribution in [2.45, 2.75) is 39.7 Å². The lowest BCUT2D eigenvalue weighted by Crippen LogP contribution is -2.40. The number of carbonyl (C=O) groups is 2. The third kappa shape index (κ3) is 5.06. The van der Waals surface area contributed by atoms with Crippen molar-refractivity contribution in [1.82, 2.24) is 9.88 Å². The number of rotatable bonds is 7. The lowest BCUT2D eigenvalue weighted by Gasteiger charge is -2.22. The molecule has 1 unspecified atom stereocenters. The highest BCUT2D eigenvalue weighted by Crippen LogP contribution is 2.16. The maximum Gasteiger partial charge on any atom is 0.303 e. The van der Waals surface area contributed by atoms with Crippen LogP contribution in [0.5, 0.6) is 0 Å². The number of amides is 1. The van der Waals surface area contributed by atoms with Crippen LogP contribution in [0.25, 0.3) is 0 Å². The zero-order valence-corrected chi connectivity index (χ0v) is 12.6. The van der Waals surface area contributed by atoms with Crippen molar-refractivity contribution in [3.8, 4) is 0 Å². The Bertz CT molecular complexity index is 563. The molecule has 0 spiro atoms. The Kier molecular flexibility index (Phi) is 6.14. The van der Waals surface area contributed by atoms with Crippen molar-refractivity contribution >= 4 is 11.9 Å². The van der Waals surface area contributed by atoms with Crippen LogP contribution in [0.1, 0.15) is 38.3 Å². The summed E-state index contributed by atoms with van der Waals surface area (Å²) < 4.78 is 1.42. The molecule has 0 aliphatic heterocycles. The number of pyridine rings is 1. The number of carboxylic acid groups (broad SMARTS) is 1. The summed E-state index contributed by atoms with van der Waals surface area (Å²) in [6, 6.07) is 2.68. The molecule has 6 nitrogen and oxygen atoms in total. The lowest BCUT2D eigenvalue weighted by atomic mass is 10.0. The van der Waals surface area contributed by atoms with Gasteiger partial charge in [0, 0.05) is 25.2 Å². The molecule has 0 saturated carbocycles. The molecule has 0 bridgehead atoms. The second-order valence-corrected chi connectivity index (χ2v) is 5.43. The first-order valence-electron chi connectivity index (χ1n) is 7.01. The molecule has 0 aliphatic rings. The number of nitrogens with one attached hydrogen (secondary N) is 1. The van der Waals surface area contributed by atoms with Gasteiger partial charge in [-0.2, -0.15) is 0 Å². The fourth-order valence-corrected chi connectivity index (χ4v) is 2.12. The average Bonchev–Trinajstić information content (AvgIpc) is 2.37. The molecular formula is C15H22N2O4. The van der Waals surface area contributed by atoms with Crippen molar-refractivity contribution in [3.05, 3.63) is 34.2 Å². The SMILES string of the molecule is Cc1ccn(C(C(=O)NCCCC(=O)O)C(C)C)c(=O)c1. The van der Waals surface area contributed by atoms with Crippen LogP contribution < -0.4 is 10.9 Å².